The van der Waals surface area contributed by atoms with Crippen molar-refractivity contribution in [3.05, 3.63) is 46.3 Å². The van der Waals surface area contributed by atoms with Crippen LogP contribution in [0.3, 0.4) is 0 Å². The van der Waals surface area contributed by atoms with Crippen LogP contribution >= 0.6 is 11.3 Å². The van der Waals surface area contributed by atoms with E-state index in [9.17, 15) is 9.59 Å². The number of fused-ring (bicyclic) bond motifs is 3. The molecule has 0 spiro atoms. The van der Waals surface area contributed by atoms with Gasteiger partial charge >= 0.3 is 0 Å². The van der Waals surface area contributed by atoms with Crippen molar-refractivity contribution < 1.29 is 9.59 Å². The number of carbonyl (C=O) groups is 2. The first kappa shape index (κ1) is 19.2. The van der Waals surface area contributed by atoms with E-state index in [0.717, 1.165) is 43.5 Å². The predicted molar refractivity (Wildman–Crippen MR) is 113 cm³/mol. The van der Waals surface area contributed by atoms with Gasteiger partial charge in [-0.2, -0.15) is 0 Å². The number of amides is 2. The third-order valence-corrected chi connectivity index (χ3v) is 6.94. The maximum Gasteiger partial charge on any atom is 0.264 e. The van der Waals surface area contributed by atoms with Gasteiger partial charge in [0.15, 0.2) is 0 Å². The average molecular weight is 398 g/mol. The second-order valence-corrected chi connectivity index (χ2v) is 8.67. The third-order valence-electron chi connectivity index (χ3n) is 5.74. The van der Waals surface area contributed by atoms with E-state index in [0.29, 0.717) is 19.5 Å². The largest absolute Gasteiger partial charge is 0.354 e. The Hall–Kier alpha value is -2.18. The van der Waals surface area contributed by atoms with Crippen molar-refractivity contribution in [3.63, 3.8) is 0 Å². The fourth-order valence-corrected chi connectivity index (χ4v) is 5.48. The highest BCUT2D eigenvalue weighted by molar-refractivity contribution is 7.17. The van der Waals surface area contributed by atoms with Crippen LogP contribution in [-0.2, 0) is 17.6 Å². The van der Waals surface area contributed by atoms with Crippen LogP contribution in [0.15, 0.2) is 30.3 Å². The standard InChI is InChI=1S/C22H27N3O2S/c23-11-10-20(26)24-14-17-6-3-4-12-25(17)22(27)19-13-16-9-8-15-5-1-2-7-18(15)21(16)28-19/h1-2,5,7,13,17H,3-4,6,8-12,14,23H2,(H,24,26). The minimum atomic E-state index is -0.0383. The van der Waals surface area contributed by atoms with Gasteiger partial charge in [0, 0.05) is 37.0 Å². The lowest BCUT2D eigenvalue weighted by Crippen LogP contribution is -2.49. The lowest BCUT2D eigenvalue weighted by Gasteiger charge is -2.35. The van der Waals surface area contributed by atoms with Crippen molar-refractivity contribution >= 4 is 23.2 Å². The molecule has 1 aromatic heterocycles. The molecule has 1 aliphatic carbocycles. The molecular weight excluding hydrogens is 370 g/mol. The van der Waals surface area contributed by atoms with Gasteiger partial charge in [-0.1, -0.05) is 24.3 Å². The normalized spacial score (nSPS) is 18.3. The van der Waals surface area contributed by atoms with E-state index in [1.54, 1.807) is 11.3 Å². The number of nitrogens with one attached hydrogen (secondary N) is 1. The van der Waals surface area contributed by atoms with Crippen LogP contribution in [0, 0.1) is 0 Å². The number of benzene rings is 1. The summed E-state index contributed by atoms with van der Waals surface area (Å²) in [6.07, 6.45) is 5.41. The molecule has 6 heteroatoms. The van der Waals surface area contributed by atoms with Gasteiger partial charge in [-0.3, -0.25) is 9.59 Å². The Bertz CT molecular complexity index is 876. The van der Waals surface area contributed by atoms with Gasteiger partial charge in [0.2, 0.25) is 5.91 Å². The molecule has 2 heterocycles. The number of nitrogens with zero attached hydrogens (tertiary/aromatic N) is 1. The molecule has 148 valence electrons. The minimum absolute atomic E-state index is 0.0383. The lowest BCUT2D eigenvalue weighted by molar-refractivity contribution is -0.121. The predicted octanol–water partition coefficient (Wildman–Crippen LogP) is 2.97. The Labute approximate surface area is 169 Å². The number of hydrogen-bond acceptors (Lipinski definition) is 4. The molecule has 1 aliphatic heterocycles. The molecule has 0 saturated carbocycles. The summed E-state index contributed by atoms with van der Waals surface area (Å²) in [6, 6.07) is 10.7. The molecule has 4 rings (SSSR count). The van der Waals surface area contributed by atoms with E-state index in [1.165, 1.54) is 21.6 Å². The summed E-state index contributed by atoms with van der Waals surface area (Å²) < 4.78 is 0. The highest BCUT2D eigenvalue weighted by atomic mass is 32.1. The molecular formula is C22H27N3O2S. The van der Waals surface area contributed by atoms with Crippen LogP contribution in [0.5, 0.6) is 0 Å². The van der Waals surface area contributed by atoms with Crippen LogP contribution in [0.1, 0.15) is 46.5 Å². The van der Waals surface area contributed by atoms with E-state index in [2.05, 4.69) is 35.6 Å². The summed E-state index contributed by atoms with van der Waals surface area (Å²) in [5, 5.41) is 2.94. The highest BCUT2D eigenvalue weighted by Gasteiger charge is 2.30. The van der Waals surface area contributed by atoms with Crippen molar-refractivity contribution in [2.45, 2.75) is 44.6 Å². The number of piperidine rings is 1. The molecule has 2 aromatic rings. The van der Waals surface area contributed by atoms with Gasteiger partial charge in [-0.05, 0) is 54.9 Å². The van der Waals surface area contributed by atoms with Gasteiger partial charge < -0.3 is 16.0 Å². The molecule has 1 atom stereocenters. The van der Waals surface area contributed by atoms with Crippen LogP contribution in [0.25, 0.3) is 10.4 Å². The minimum Gasteiger partial charge on any atom is -0.354 e. The highest BCUT2D eigenvalue weighted by Crippen LogP contribution is 2.40. The van der Waals surface area contributed by atoms with E-state index in [4.69, 9.17) is 5.73 Å². The van der Waals surface area contributed by atoms with Crippen LogP contribution in [-0.4, -0.2) is 42.4 Å². The van der Waals surface area contributed by atoms with Gasteiger partial charge in [0.05, 0.1) is 4.88 Å². The quantitative estimate of drug-likeness (QED) is 0.814. The zero-order chi connectivity index (χ0) is 19.5. The first-order valence-corrected chi connectivity index (χ1v) is 11.0. The Morgan fingerprint density at radius 1 is 1.18 bits per heavy atom. The Kier molecular flexibility index (Phi) is 5.78. The average Bonchev–Trinajstić information content (AvgIpc) is 3.17. The van der Waals surface area contributed by atoms with Crippen LogP contribution in [0.2, 0.25) is 0 Å². The molecule has 28 heavy (non-hydrogen) atoms. The summed E-state index contributed by atoms with van der Waals surface area (Å²) in [5.74, 6) is 0.0679. The van der Waals surface area contributed by atoms with Crippen molar-refractivity contribution in [2.24, 2.45) is 5.73 Å². The van der Waals surface area contributed by atoms with Crippen LogP contribution < -0.4 is 11.1 Å². The van der Waals surface area contributed by atoms with E-state index < -0.39 is 0 Å². The van der Waals surface area contributed by atoms with Gasteiger partial charge in [-0.25, -0.2) is 0 Å². The number of thiophene rings is 1. The smallest absolute Gasteiger partial charge is 0.264 e. The van der Waals surface area contributed by atoms with Gasteiger partial charge in [0.25, 0.3) is 5.91 Å². The number of rotatable bonds is 5. The summed E-state index contributed by atoms with van der Waals surface area (Å²) in [4.78, 5) is 29.1. The Morgan fingerprint density at radius 3 is 2.86 bits per heavy atom. The zero-order valence-corrected chi connectivity index (χ0v) is 16.9. The third kappa shape index (κ3) is 3.84. The zero-order valence-electron chi connectivity index (χ0n) is 16.1. The van der Waals surface area contributed by atoms with E-state index in [-0.39, 0.29) is 17.9 Å². The molecule has 0 radical (unpaired) electrons. The molecule has 3 N–H and O–H groups in total. The van der Waals surface area contributed by atoms with Crippen molar-refractivity contribution in [1.29, 1.82) is 0 Å². The fraction of sp³-hybridized carbons (Fsp3) is 0.455. The number of carbonyl (C=O) groups excluding carboxylic acids is 2. The number of aryl methyl sites for hydroxylation is 2. The first-order valence-electron chi connectivity index (χ1n) is 10.2. The summed E-state index contributed by atoms with van der Waals surface area (Å²) in [7, 11) is 0. The Balaban J connectivity index is 1.52. The van der Waals surface area contributed by atoms with Crippen molar-refractivity contribution in [3.8, 4) is 10.4 Å². The first-order chi connectivity index (χ1) is 13.7. The lowest BCUT2D eigenvalue weighted by atomic mass is 9.91. The van der Waals surface area contributed by atoms with Gasteiger partial charge in [-0.15, -0.1) is 11.3 Å². The topological polar surface area (TPSA) is 75.4 Å². The second kappa shape index (κ2) is 8.45. The monoisotopic (exact) mass is 397 g/mol. The fourth-order valence-electron chi connectivity index (χ4n) is 4.25. The molecule has 1 unspecified atom stereocenters. The van der Waals surface area contributed by atoms with Crippen LogP contribution in [0.4, 0.5) is 0 Å². The summed E-state index contributed by atoms with van der Waals surface area (Å²) >= 11 is 1.62. The molecule has 5 nitrogen and oxygen atoms in total. The maximum atomic E-state index is 13.3. The summed E-state index contributed by atoms with van der Waals surface area (Å²) in [5.41, 5.74) is 9.38. The number of nitrogens with two attached hydrogens (primary N) is 1. The SMILES string of the molecule is NCCC(=O)NCC1CCCCN1C(=O)c1cc2c(s1)-c1ccccc1CC2. The molecule has 2 aliphatic rings. The molecule has 1 saturated heterocycles. The number of likely N-dealkylation sites (tertiary alicyclic amines) is 1. The van der Waals surface area contributed by atoms with Gasteiger partial charge in [0.1, 0.15) is 0 Å². The van der Waals surface area contributed by atoms with Crippen molar-refractivity contribution in [1.82, 2.24) is 10.2 Å². The Morgan fingerprint density at radius 2 is 2.00 bits per heavy atom. The maximum absolute atomic E-state index is 13.3. The molecule has 1 fully saturated rings. The molecule has 1 aromatic carbocycles. The van der Waals surface area contributed by atoms with E-state index >= 15 is 0 Å². The van der Waals surface area contributed by atoms with Crippen molar-refractivity contribution in [2.75, 3.05) is 19.6 Å². The molecule has 2 amide bonds. The van der Waals surface area contributed by atoms with E-state index in [1.807, 2.05) is 4.90 Å². The number of hydrogen-bond donors (Lipinski definition) is 2. The molecule has 0 bridgehead atoms. The second-order valence-electron chi connectivity index (χ2n) is 7.61. The summed E-state index contributed by atoms with van der Waals surface area (Å²) in [6.45, 7) is 1.62.